The molecule has 0 saturated carbocycles. The van der Waals surface area contributed by atoms with Gasteiger partial charge >= 0.3 is 11.3 Å². The minimum Gasteiger partial charge on any atom is -0.423 e. The van der Waals surface area contributed by atoms with Crippen molar-refractivity contribution < 1.29 is 4.42 Å². The van der Waals surface area contributed by atoms with E-state index in [-0.39, 0.29) is 12.1 Å². The first-order valence-corrected chi connectivity index (χ1v) is 8.01. The van der Waals surface area contributed by atoms with E-state index in [0.29, 0.717) is 11.2 Å². The molecule has 3 aromatic heterocycles. The van der Waals surface area contributed by atoms with Crippen molar-refractivity contribution in [1.82, 2.24) is 18.7 Å². The molecule has 0 aliphatic rings. The number of aryl methyl sites for hydroxylation is 2. The average Bonchev–Trinajstić information content (AvgIpc) is 3.01. The van der Waals surface area contributed by atoms with Crippen LogP contribution in [0.15, 0.2) is 49.4 Å². The number of hydrogen-bond donors (Lipinski definition) is 0. The van der Waals surface area contributed by atoms with Crippen LogP contribution in [0.25, 0.3) is 22.1 Å². The van der Waals surface area contributed by atoms with Gasteiger partial charge in [0, 0.05) is 25.5 Å². The van der Waals surface area contributed by atoms with Gasteiger partial charge in [0.05, 0.1) is 12.9 Å². The second-order valence-corrected chi connectivity index (χ2v) is 6.34. The van der Waals surface area contributed by atoms with Crippen LogP contribution in [-0.4, -0.2) is 18.7 Å². The van der Waals surface area contributed by atoms with Gasteiger partial charge in [0.25, 0.3) is 5.56 Å². The number of benzene rings is 1. The molecule has 0 amide bonds. The highest BCUT2D eigenvalue weighted by Crippen LogP contribution is 2.20. The Kier molecular flexibility index (Phi) is 3.43. The maximum absolute atomic E-state index is 12.3. The van der Waals surface area contributed by atoms with Crippen LogP contribution in [0.3, 0.4) is 0 Å². The van der Waals surface area contributed by atoms with Crippen LogP contribution >= 0.6 is 0 Å². The van der Waals surface area contributed by atoms with Gasteiger partial charge in [-0.05, 0) is 24.1 Å². The minimum absolute atomic E-state index is 0.206. The first-order chi connectivity index (χ1) is 12.4. The van der Waals surface area contributed by atoms with Crippen LogP contribution in [0, 0.1) is 6.92 Å². The zero-order valence-corrected chi connectivity index (χ0v) is 14.5. The Balaban J connectivity index is 1.97. The molecular formula is C18H16N4O4. The summed E-state index contributed by atoms with van der Waals surface area (Å²) in [6, 6.07) is 7.05. The molecule has 3 heterocycles. The first kappa shape index (κ1) is 16.1. The van der Waals surface area contributed by atoms with E-state index in [1.54, 1.807) is 17.7 Å². The lowest BCUT2D eigenvalue weighted by Crippen LogP contribution is -2.37. The van der Waals surface area contributed by atoms with E-state index in [2.05, 4.69) is 4.98 Å². The number of hydrogen-bond acceptors (Lipinski definition) is 5. The van der Waals surface area contributed by atoms with Gasteiger partial charge < -0.3 is 8.98 Å². The van der Waals surface area contributed by atoms with Gasteiger partial charge in [-0.1, -0.05) is 12.1 Å². The lowest BCUT2D eigenvalue weighted by molar-refractivity contribution is 0.557. The van der Waals surface area contributed by atoms with Gasteiger partial charge in [-0.25, -0.2) is 14.6 Å². The molecule has 0 radical (unpaired) electrons. The van der Waals surface area contributed by atoms with Crippen LogP contribution in [0.2, 0.25) is 0 Å². The molecule has 0 fully saturated rings. The van der Waals surface area contributed by atoms with E-state index in [1.165, 1.54) is 24.0 Å². The highest BCUT2D eigenvalue weighted by molar-refractivity contribution is 5.81. The fourth-order valence-electron chi connectivity index (χ4n) is 3.21. The molecule has 0 saturated heterocycles. The molecule has 4 rings (SSSR count). The topological polar surface area (TPSA) is 92.0 Å². The Hall–Kier alpha value is -3.42. The molecule has 132 valence electrons. The number of fused-ring (bicyclic) bond motifs is 2. The van der Waals surface area contributed by atoms with Gasteiger partial charge in [-0.3, -0.25) is 13.9 Å². The predicted molar refractivity (Wildman–Crippen MR) is 96.5 cm³/mol. The van der Waals surface area contributed by atoms with Crippen LogP contribution in [0.4, 0.5) is 0 Å². The SMILES string of the molecule is Cc1ccc2c(Cn3cnc4c(=O)n(C)c(=O)n(C)c43)cc(=O)oc2c1. The minimum atomic E-state index is -0.452. The zero-order valence-electron chi connectivity index (χ0n) is 14.5. The van der Waals surface area contributed by atoms with Crippen molar-refractivity contribution in [2.75, 3.05) is 0 Å². The summed E-state index contributed by atoms with van der Waals surface area (Å²) in [5.74, 6) is 0. The maximum atomic E-state index is 12.3. The number of aromatic nitrogens is 4. The molecule has 0 spiro atoms. The number of rotatable bonds is 2. The van der Waals surface area contributed by atoms with Gasteiger partial charge in [-0.2, -0.15) is 0 Å². The lowest BCUT2D eigenvalue weighted by atomic mass is 10.1. The van der Waals surface area contributed by atoms with Gasteiger partial charge in [0.2, 0.25) is 0 Å². The molecule has 4 aromatic rings. The van der Waals surface area contributed by atoms with Crippen molar-refractivity contribution in [3.8, 4) is 0 Å². The second-order valence-electron chi connectivity index (χ2n) is 6.34. The molecule has 8 nitrogen and oxygen atoms in total. The van der Waals surface area contributed by atoms with Crippen LogP contribution in [0.1, 0.15) is 11.1 Å². The molecule has 26 heavy (non-hydrogen) atoms. The molecule has 0 atom stereocenters. The summed E-state index contributed by atoms with van der Waals surface area (Å²) in [7, 11) is 3.00. The third-order valence-corrected chi connectivity index (χ3v) is 4.54. The van der Waals surface area contributed by atoms with Gasteiger partial charge in [-0.15, -0.1) is 0 Å². The molecule has 0 unspecified atom stereocenters. The third-order valence-electron chi connectivity index (χ3n) is 4.54. The van der Waals surface area contributed by atoms with Crippen molar-refractivity contribution >= 4 is 22.1 Å². The Morgan fingerprint density at radius 1 is 1.08 bits per heavy atom. The second kappa shape index (κ2) is 5.55. The zero-order chi connectivity index (χ0) is 18.6. The van der Waals surface area contributed by atoms with Crippen LogP contribution in [-0.2, 0) is 20.6 Å². The Bertz CT molecular complexity index is 1350. The van der Waals surface area contributed by atoms with E-state index in [1.807, 2.05) is 19.1 Å². The molecule has 0 aliphatic heterocycles. The van der Waals surface area contributed by atoms with E-state index >= 15 is 0 Å². The van der Waals surface area contributed by atoms with E-state index in [4.69, 9.17) is 4.42 Å². The highest BCUT2D eigenvalue weighted by atomic mass is 16.4. The summed E-state index contributed by atoms with van der Waals surface area (Å²) in [5, 5.41) is 0.797. The lowest BCUT2D eigenvalue weighted by Gasteiger charge is -2.10. The molecule has 8 heteroatoms. The van der Waals surface area contributed by atoms with E-state index < -0.39 is 16.9 Å². The largest absolute Gasteiger partial charge is 0.423 e. The summed E-state index contributed by atoms with van der Waals surface area (Å²) >= 11 is 0. The van der Waals surface area contributed by atoms with E-state index in [9.17, 15) is 14.4 Å². The number of imidazole rings is 1. The Morgan fingerprint density at radius 2 is 1.85 bits per heavy atom. The number of nitrogens with zero attached hydrogens (tertiary/aromatic N) is 4. The molecular weight excluding hydrogens is 336 g/mol. The summed E-state index contributed by atoms with van der Waals surface area (Å²) in [4.78, 5) is 40.6. The summed E-state index contributed by atoms with van der Waals surface area (Å²) in [5.41, 5.74) is 1.49. The van der Waals surface area contributed by atoms with Crippen molar-refractivity contribution in [1.29, 1.82) is 0 Å². The normalized spacial score (nSPS) is 11.5. The Labute approximate surface area is 146 Å². The van der Waals surface area contributed by atoms with Crippen LogP contribution < -0.4 is 16.9 Å². The maximum Gasteiger partial charge on any atom is 0.336 e. The van der Waals surface area contributed by atoms with Gasteiger partial charge in [0.1, 0.15) is 11.2 Å². The fraction of sp³-hybridized carbons (Fsp3) is 0.222. The summed E-state index contributed by atoms with van der Waals surface area (Å²) in [6.07, 6.45) is 1.50. The smallest absolute Gasteiger partial charge is 0.336 e. The van der Waals surface area contributed by atoms with E-state index in [0.717, 1.165) is 21.1 Å². The monoisotopic (exact) mass is 352 g/mol. The highest BCUT2D eigenvalue weighted by Gasteiger charge is 2.15. The average molecular weight is 352 g/mol. The molecule has 0 N–H and O–H groups in total. The quantitative estimate of drug-likeness (QED) is 0.500. The molecule has 1 aromatic carbocycles. The Morgan fingerprint density at radius 3 is 2.62 bits per heavy atom. The molecule has 0 aliphatic carbocycles. The van der Waals surface area contributed by atoms with Crippen molar-refractivity contribution in [3.63, 3.8) is 0 Å². The molecule has 0 bridgehead atoms. The first-order valence-electron chi connectivity index (χ1n) is 8.01. The van der Waals surface area contributed by atoms with Gasteiger partial charge in [0.15, 0.2) is 5.52 Å². The standard InChI is InChI=1S/C18H16N4O4/c1-10-4-5-12-11(7-14(23)26-13(12)6-10)8-22-9-19-15-16(22)20(2)18(25)21(3)17(15)24/h4-7,9H,8H2,1-3H3. The predicted octanol–water partition coefficient (Wildman–Crippen LogP) is 0.897. The summed E-state index contributed by atoms with van der Waals surface area (Å²) in [6.45, 7) is 2.20. The van der Waals surface area contributed by atoms with Crippen molar-refractivity contribution in [2.24, 2.45) is 14.1 Å². The van der Waals surface area contributed by atoms with Crippen LogP contribution in [0.5, 0.6) is 0 Å². The fourth-order valence-corrected chi connectivity index (χ4v) is 3.21. The summed E-state index contributed by atoms with van der Waals surface area (Å²) < 4.78 is 9.36. The van der Waals surface area contributed by atoms with Crippen molar-refractivity contribution in [3.05, 3.63) is 73.0 Å². The van der Waals surface area contributed by atoms with Crippen molar-refractivity contribution in [2.45, 2.75) is 13.5 Å². The third kappa shape index (κ3) is 2.30.